The van der Waals surface area contributed by atoms with E-state index in [4.69, 9.17) is 4.42 Å². The third-order valence-electron chi connectivity index (χ3n) is 4.08. The van der Waals surface area contributed by atoms with Crippen LogP contribution >= 0.6 is 11.8 Å². The zero-order valence-corrected chi connectivity index (χ0v) is 13.5. The summed E-state index contributed by atoms with van der Waals surface area (Å²) in [6.07, 6.45) is 4.37. The van der Waals surface area contributed by atoms with E-state index in [1.807, 2.05) is 0 Å². The van der Waals surface area contributed by atoms with Crippen LogP contribution in [0.15, 0.2) is 23.0 Å². The number of hydrogen-bond donors (Lipinski definition) is 1. The Labute approximate surface area is 138 Å². The Morgan fingerprint density at radius 2 is 2.13 bits per heavy atom. The molecule has 0 aromatic carbocycles. The molecule has 2 fully saturated rings. The Morgan fingerprint density at radius 1 is 1.35 bits per heavy atom. The van der Waals surface area contributed by atoms with Crippen LogP contribution in [-0.4, -0.2) is 64.8 Å². The molecule has 3 amide bonds. The van der Waals surface area contributed by atoms with E-state index in [2.05, 4.69) is 5.32 Å². The molecule has 0 spiro atoms. The lowest BCUT2D eigenvalue weighted by molar-refractivity contribution is -0.132. The highest BCUT2D eigenvalue weighted by atomic mass is 32.2. The topological polar surface area (TPSA) is 82.9 Å². The largest absolute Gasteiger partial charge is 0.472 e. The molecule has 2 aliphatic heterocycles. The zero-order chi connectivity index (χ0) is 16.2. The number of carbonyl (C=O) groups excluding carboxylic acids is 3. The quantitative estimate of drug-likeness (QED) is 0.867. The molecule has 1 aromatic rings. The number of likely N-dealkylation sites (tertiary alicyclic amines) is 1. The summed E-state index contributed by atoms with van der Waals surface area (Å²) in [5, 5.41) is 2.96. The van der Waals surface area contributed by atoms with Gasteiger partial charge in [0.05, 0.1) is 23.5 Å². The standard InChI is InChI=1S/C15H19N3O4S/c19-13(7-18-10-23-9-14(18)20)16-12-1-4-17(5-2-12)15(21)11-3-6-22-8-11/h3,6,8,12H,1-2,4-5,7,9-10H2,(H,16,19). The van der Waals surface area contributed by atoms with Crippen LogP contribution in [0.5, 0.6) is 0 Å². The van der Waals surface area contributed by atoms with Crippen LogP contribution < -0.4 is 5.32 Å². The molecule has 2 saturated heterocycles. The minimum Gasteiger partial charge on any atom is -0.472 e. The monoisotopic (exact) mass is 337 g/mol. The van der Waals surface area contributed by atoms with Gasteiger partial charge < -0.3 is 19.5 Å². The van der Waals surface area contributed by atoms with Crippen molar-refractivity contribution in [2.24, 2.45) is 0 Å². The normalized spacial score (nSPS) is 19.2. The van der Waals surface area contributed by atoms with Gasteiger partial charge in [0.2, 0.25) is 11.8 Å². The van der Waals surface area contributed by atoms with Gasteiger partial charge in [0.15, 0.2) is 0 Å². The number of hydrogen-bond acceptors (Lipinski definition) is 5. The van der Waals surface area contributed by atoms with Gasteiger partial charge in [-0.15, -0.1) is 11.8 Å². The molecule has 3 rings (SSSR count). The van der Waals surface area contributed by atoms with Crippen LogP contribution in [0, 0.1) is 0 Å². The minimum atomic E-state index is -0.125. The van der Waals surface area contributed by atoms with Crippen LogP contribution in [-0.2, 0) is 9.59 Å². The molecule has 8 heteroatoms. The summed E-state index contributed by atoms with van der Waals surface area (Å²) < 4.78 is 4.93. The number of rotatable bonds is 4. The summed E-state index contributed by atoms with van der Waals surface area (Å²) in [4.78, 5) is 39.0. The average molecular weight is 337 g/mol. The van der Waals surface area contributed by atoms with Gasteiger partial charge in [-0.2, -0.15) is 0 Å². The molecule has 0 unspecified atom stereocenters. The molecule has 0 atom stereocenters. The van der Waals surface area contributed by atoms with E-state index in [1.54, 1.807) is 15.9 Å². The van der Waals surface area contributed by atoms with E-state index < -0.39 is 0 Å². The summed E-state index contributed by atoms with van der Waals surface area (Å²) in [6.45, 7) is 1.33. The maximum Gasteiger partial charge on any atom is 0.257 e. The zero-order valence-electron chi connectivity index (χ0n) is 12.7. The van der Waals surface area contributed by atoms with Crippen molar-refractivity contribution < 1.29 is 18.8 Å². The number of piperidine rings is 1. The third-order valence-corrected chi connectivity index (χ3v) is 5.02. The minimum absolute atomic E-state index is 0.0191. The second kappa shape index (κ2) is 7.08. The first kappa shape index (κ1) is 15.9. The molecular weight excluding hydrogens is 318 g/mol. The molecule has 124 valence electrons. The first-order valence-corrected chi connectivity index (χ1v) is 8.75. The van der Waals surface area contributed by atoms with Crippen molar-refractivity contribution in [3.05, 3.63) is 24.2 Å². The fourth-order valence-electron chi connectivity index (χ4n) is 2.78. The highest BCUT2D eigenvalue weighted by molar-refractivity contribution is 8.00. The molecular formula is C15H19N3O4S. The molecule has 3 heterocycles. The Bertz CT molecular complexity index is 582. The summed E-state index contributed by atoms with van der Waals surface area (Å²) in [7, 11) is 0. The van der Waals surface area contributed by atoms with Gasteiger partial charge in [-0.3, -0.25) is 14.4 Å². The summed E-state index contributed by atoms with van der Waals surface area (Å²) in [5.74, 6) is 0.903. The van der Waals surface area contributed by atoms with E-state index >= 15 is 0 Å². The lowest BCUT2D eigenvalue weighted by Crippen LogP contribution is -2.48. The van der Waals surface area contributed by atoms with Crippen molar-refractivity contribution in [1.82, 2.24) is 15.1 Å². The molecule has 0 aliphatic carbocycles. The molecule has 0 radical (unpaired) electrons. The first-order valence-electron chi connectivity index (χ1n) is 7.60. The Hall–Kier alpha value is -1.96. The summed E-state index contributed by atoms with van der Waals surface area (Å²) >= 11 is 1.53. The SMILES string of the molecule is O=C(CN1CSCC1=O)NC1CCN(C(=O)c2ccoc2)CC1. The van der Waals surface area contributed by atoms with Crippen molar-refractivity contribution >= 4 is 29.5 Å². The Kier molecular flexibility index (Phi) is 4.90. The van der Waals surface area contributed by atoms with Crippen LogP contribution in [0.2, 0.25) is 0 Å². The van der Waals surface area contributed by atoms with Crippen LogP contribution in [0.3, 0.4) is 0 Å². The predicted octanol–water partition coefficient (Wildman–Crippen LogP) is 0.533. The van der Waals surface area contributed by atoms with Gasteiger partial charge in [-0.05, 0) is 18.9 Å². The van der Waals surface area contributed by atoms with Crippen molar-refractivity contribution in [3.8, 4) is 0 Å². The van der Waals surface area contributed by atoms with E-state index in [0.29, 0.717) is 30.3 Å². The number of nitrogens with one attached hydrogen (secondary N) is 1. The van der Waals surface area contributed by atoms with E-state index in [1.165, 1.54) is 24.3 Å². The lowest BCUT2D eigenvalue weighted by Gasteiger charge is -2.32. The number of amides is 3. The van der Waals surface area contributed by atoms with Crippen molar-refractivity contribution in [2.45, 2.75) is 18.9 Å². The van der Waals surface area contributed by atoms with E-state index in [-0.39, 0.29) is 30.3 Å². The van der Waals surface area contributed by atoms with E-state index in [0.717, 1.165) is 12.8 Å². The molecule has 2 aliphatic rings. The number of carbonyl (C=O) groups is 3. The van der Waals surface area contributed by atoms with Crippen molar-refractivity contribution in [3.63, 3.8) is 0 Å². The number of nitrogens with zero attached hydrogens (tertiary/aromatic N) is 2. The molecule has 0 saturated carbocycles. The Balaban J connectivity index is 1.43. The maximum atomic E-state index is 12.2. The maximum absolute atomic E-state index is 12.2. The highest BCUT2D eigenvalue weighted by Crippen LogP contribution is 2.16. The molecule has 23 heavy (non-hydrogen) atoms. The van der Waals surface area contributed by atoms with Crippen LogP contribution in [0.25, 0.3) is 0 Å². The first-order chi connectivity index (χ1) is 11.1. The lowest BCUT2D eigenvalue weighted by atomic mass is 10.0. The fourth-order valence-corrected chi connectivity index (χ4v) is 3.69. The van der Waals surface area contributed by atoms with Gasteiger partial charge >= 0.3 is 0 Å². The van der Waals surface area contributed by atoms with Gasteiger partial charge in [-0.1, -0.05) is 0 Å². The van der Waals surface area contributed by atoms with Gasteiger partial charge in [0.1, 0.15) is 12.8 Å². The number of thioether (sulfide) groups is 1. The third kappa shape index (κ3) is 3.87. The Morgan fingerprint density at radius 3 is 2.74 bits per heavy atom. The highest BCUT2D eigenvalue weighted by Gasteiger charge is 2.27. The van der Waals surface area contributed by atoms with Crippen molar-refractivity contribution in [1.29, 1.82) is 0 Å². The second-order valence-corrected chi connectivity index (χ2v) is 6.67. The number of furan rings is 1. The molecule has 7 nitrogen and oxygen atoms in total. The van der Waals surface area contributed by atoms with Crippen LogP contribution in [0.1, 0.15) is 23.2 Å². The van der Waals surface area contributed by atoms with Crippen molar-refractivity contribution in [2.75, 3.05) is 31.3 Å². The van der Waals surface area contributed by atoms with Gasteiger partial charge in [0, 0.05) is 19.1 Å². The molecule has 1 N–H and O–H groups in total. The van der Waals surface area contributed by atoms with Gasteiger partial charge in [0.25, 0.3) is 5.91 Å². The summed E-state index contributed by atoms with van der Waals surface area (Å²) in [6, 6.07) is 1.71. The van der Waals surface area contributed by atoms with Crippen LogP contribution in [0.4, 0.5) is 0 Å². The van der Waals surface area contributed by atoms with E-state index in [9.17, 15) is 14.4 Å². The second-order valence-electron chi connectivity index (χ2n) is 5.72. The van der Waals surface area contributed by atoms with Gasteiger partial charge in [-0.25, -0.2) is 0 Å². The summed E-state index contributed by atoms with van der Waals surface area (Å²) in [5.41, 5.74) is 0.553. The fraction of sp³-hybridized carbons (Fsp3) is 0.533. The molecule has 0 bridgehead atoms. The molecule has 1 aromatic heterocycles. The smallest absolute Gasteiger partial charge is 0.257 e. The predicted molar refractivity (Wildman–Crippen MR) is 84.8 cm³/mol. The average Bonchev–Trinajstić information content (AvgIpc) is 3.20.